The number of carbonyl (C=O) groups excluding carboxylic acids is 1. The lowest BCUT2D eigenvalue weighted by atomic mass is 9.98. The average Bonchev–Trinajstić information content (AvgIpc) is 2.72. The molecule has 6 heteroatoms. The predicted octanol–water partition coefficient (Wildman–Crippen LogP) is 4.15. The molecule has 30 heavy (non-hydrogen) atoms. The molecule has 6 nitrogen and oxygen atoms in total. The van der Waals surface area contributed by atoms with Crippen LogP contribution in [0.3, 0.4) is 0 Å². The number of carbonyl (C=O) groups is 1. The number of rotatable bonds is 12. The second-order valence-electron chi connectivity index (χ2n) is 7.81. The summed E-state index contributed by atoms with van der Waals surface area (Å²) >= 11 is 0. The second-order valence-corrected chi connectivity index (χ2v) is 7.81. The number of unbranched alkanes of at least 4 members (excludes halogenated alkanes) is 2. The van der Waals surface area contributed by atoms with E-state index in [1.165, 1.54) is 6.92 Å². The summed E-state index contributed by atoms with van der Waals surface area (Å²) in [5, 5.41) is 11.0. The Bertz CT molecular complexity index is 634. The molecule has 0 saturated carbocycles. The van der Waals surface area contributed by atoms with Gasteiger partial charge in [-0.2, -0.15) is 0 Å². The van der Waals surface area contributed by atoms with E-state index in [2.05, 4.69) is 13.5 Å². The van der Waals surface area contributed by atoms with E-state index < -0.39 is 36.7 Å². The Balaban J connectivity index is 2.10. The highest BCUT2D eigenvalue weighted by Gasteiger charge is 2.47. The first-order valence-electron chi connectivity index (χ1n) is 10.9. The fourth-order valence-corrected chi connectivity index (χ4v) is 3.65. The molecular weight excluding hydrogens is 384 g/mol. The minimum atomic E-state index is -1.09. The van der Waals surface area contributed by atoms with Crippen molar-refractivity contribution < 1.29 is 28.8 Å². The van der Waals surface area contributed by atoms with Crippen LogP contribution in [0.5, 0.6) is 0 Å². The number of esters is 1. The van der Waals surface area contributed by atoms with Gasteiger partial charge in [-0.15, -0.1) is 6.58 Å². The van der Waals surface area contributed by atoms with Crippen LogP contribution in [-0.4, -0.2) is 47.9 Å². The highest BCUT2D eigenvalue weighted by atomic mass is 16.7. The first-order chi connectivity index (χ1) is 14.5. The van der Waals surface area contributed by atoms with Crippen molar-refractivity contribution in [2.75, 3.05) is 0 Å². The molecule has 168 valence electrons. The third-order valence-corrected chi connectivity index (χ3v) is 5.22. The molecule has 1 aromatic rings. The molecule has 1 aliphatic heterocycles. The normalized spacial score (nSPS) is 27.4. The van der Waals surface area contributed by atoms with Gasteiger partial charge in [-0.3, -0.25) is 4.79 Å². The molecule has 0 radical (unpaired) electrons. The Kier molecular flexibility index (Phi) is 10.5. The Hall–Kier alpha value is -1.73. The molecule has 1 N–H and O–H groups in total. The van der Waals surface area contributed by atoms with Crippen molar-refractivity contribution in [2.24, 2.45) is 0 Å². The summed E-state index contributed by atoms with van der Waals surface area (Å²) in [5.74, 6) is -0.445. The van der Waals surface area contributed by atoms with Crippen LogP contribution in [0.15, 0.2) is 43.0 Å². The van der Waals surface area contributed by atoms with Crippen molar-refractivity contribution in [3.05, 3.63) is 48.6 Å². The van der Waals surface area contributed by atoms with Gasteiger partial charge in [-0.1, -0.05) is 62.6 Å². The number of benzene rings is 1. The fraction of sp³-hybridized carbons (Fsp3) is 0.625. The van der Waals surface area contributed by atoms with Crippen LogP contribution in [-0.2, 0) is 30.3 Å². The van der Waals surface area contributed by atoms with E-state index in [-0.39, 0.29) is 12.7 Å². The molecule has 0 aromatic heterocycles. The highest BCUT2D eigenvalue weighted by molar-refractivity contribution is 5.66. The Morgan fingerprint density at radius 2 is 2.00 bits per heavy atom. The maximum Gasteiger partial charge on any atom is 0.303 e. The molecule has 1 heterocycles. The van der Waals surface area contributed by atoms with Gasteiger partial charge in [0.05, 0.1) is 18.8 Å². The van der Waals surface area contributed by atoms with Crippen molar-refractivity contribution >= 4 is 5.97 Å². The van der Waals surface area contributed by atoms with Gasteiger partial charge in [-0.05, 0) is 25.3 Å². The lowest BCUT2D eigenvalue weighted by molar-refractivity contribution is -0.313. The summed E-state index contributed by atoms with van der Waals surface area (Å²) in [6.07, 6.45) is 2.63. The van der Waals surface area contributed by atoms with Crippen LogP contribution in [0.1, 0.15) is 58.4 Å². The van der Waals surface area contributed by atoms with Gasteiger partial charge in [0.1, 0.15) is 12.2 Å². The smallest absolute Gasteiger partial charge is 0.303 e. The molecule has 0 spiro atoms. The van der Waals surface area contributed by atoms with Crippen molar-refractivity contribution in [2.45, 2.75) is 96.3 Å². The van der Waals surface area contributed by atoms with E-state index in [0.717, 1.165) is 31.2 Å². The standard InChI is InChI=1S/C24H36O6/c1-5-7-9-15-20(12-6-2)30-24-21(26)23(22(17(3)28-24)29-18(4)25)27-16-19-13-10-8-11-14-19/h6,8,10-11,13-14,17,20-24,26H,2,5,7,9,12,15-16H2,1,3-4H3/t17-,20-,21-,22+,23-,24+/m1/s1. The third-order valence-electron chi connectivity index (χ3n) is 5.22. The summed E-state index contributed by atoms with van der Waals surface area (Å²) in [5.41, 5.74) is 0.965. The van der Waals surface area contributed by atoms with Crippen LogP contribution in [0, 0.1) is 0 Å². The van der Waals surface area contributed by atoms with E-state index in [1.54, 1.807) is 6.92 Å². The van der Waals surface area contributed by atoms with Gasteiger partial charge in [0.2, 0.25) is 0 Å². The summed E-state index contributed by atoms with van der Waals surface area (Å²) in [4.78, 5) is 11.6. The molecule has 0 bridgehead atoms. The van der Waals surface area contributed by atoms with E-state index in [4.69, 9.17) is 18.9 Å². The van der Waals surface area contributed by atoms with E-state index in [0.29, 0.717) is 6.42 Å². The van der Waals surface area contributed by atoms with Crippen molar-refractivity contribution in [3.63, 3.8) is 0 Å². The lowest BCUT2D eigenvalue weighted by Gasteiger charge is -2.43. The molecule has 1 fully saturated rings. The highest BCUT2D eigenvalue weighted by Crippen LogP contribution is 2.29. The van der Waals surface area contributed by atoms with E-state index >= 15 is 0 Å². The van der Waals surface area contributed by atoms with Crippen LogP contribution in [0.2, 0.25) is 0 Å². The largest absolute Gasteiger partial charge is 0.457 e. The van der Waals surface area contributed by atoms with Gasteiger partial charge in [0, 0.05) is 6.92 Å². The van der Waals surface area contributed by atoms with E-state index in [9.17, 15) is 9.90 Å². The van der Waals surface area contributed by atoms with Crippen LogP contribution in [0.25, 0.3) is 0 Å². The summed E-state index contributed by atoms with van der Waals surface area (Å²) < 4.78 is 23.5. The van der Waals surface area contributed by atoms with Crippen molar-refractivity contribution in [1.82, 2.24) is 0 Å². The maximum absolute atomic E-state index is 11.6. The molecule has 1 aromatic carbocycles. The summed E-state index contributed by atoms with van der Waals surface area (Å²) in [6.45, 7) is 9.39. The number of aliphatic hydroxyl groups excluding tert-OH is 1. The first kappa shape index (κ1) is 24.5. The maximum atomic E-state index is 11.6. The fourth-order valence-electron chi connectivity index (χ4n) is 3.65. The predicted molar refractivity (Wildman–Crippen MR) is 115 cm³/mol. The SMILES string of the molecule is C=CC[C@H](CCCCC)O[C@@H]1O[C@H](C)[C@H](OC(C)=O)[C@H](OCc2ccccc2)[C@H]1O. The van der Waals surface area contributed by atoms with Crippen molar-refractivity contribution in [1.29, 1.82) is 0 Å². The molecule has 1 aliphatic rings. The van der Waals surface area contributed by atoms with Crippen LogP contribution >= 0.6 is 0 Å². The molecule has 0 amide bonds. The van der Waals surface area contributed by atoms with Gasteiger partial charge < -0.3 is 24.1 Å². The average molecular weight is 421 g/mol. The number of hydrogen-bond donors (Lipinski definition) is 1. The quantitative estimate of drug-likeness (QED) is 0.311. The van der Waals surface area contributed by atoms with Gasteiger partial charge in [-0.25, -0.2) is 0 Å². The number of hydrogen-bond acceptors (Lipinski definition) is 6. The third kappa shape index (κ3) is 7.51. The molecule has 0 aliphatic carbocycles. The van der Waals surface area contributed by atoms with Gasteiger partial charge in [0.15, 0.2) is 12.4 Å². The Labute approximate surface area is 180 Å². The summed E-state index contributed by atoms with van der Waals surface area (Å²) in [7, 11) is 0. The minimum absolute atomic E-state index is 0.0963. The number of aliphatic hydroxyl groups is 1. The van der Waals surface area contributed by atoms with Gasteiger partial charge in [0.25, 0.3) is 0 Å². The van der Waals surface area contributed by atoms with Crippen molar-refractivity contribution in [3.8, 4) is 0 Å². The van der Waals surface area contributed by atoms with Crippen LogP contribution in [0.4, 0.5) is 0 Å². The van der Waals surface area contributed by atoms with E-state index in [1.807, 2.05) is 36.4 Å². The monoisotopic (exact) mass is 420 g/mol. The first-order valence-corrected chi connectivity index (χ1v) is 10.9. The topological polar surface area (TPSA) is 74.2 Å². The molecule has 0 unspecified atom stereocenters. The molecular formula is C24H36O6. The Morgan fingerprint density at radius 1 is 1.27 bits per heavy atom. The zero-order valence-corrected chi connectivity index (χ0v) is 18.4. The summed E-state index contributed by atoms with van der Waals surface area (Å²) in [6, 6.07) is 9.66. The zero-order chi connectivity index (χ0) is 21.9. The van der Waals surface area contributed by atoms with Gasteiger partial charge >= 0.3 is 5.97 Å². The molecule has 6 atom stereocenters. The second kappa shape index (κ2) is 12.8. The Morgan fingerprint density at radius 3 is 2.63 bits per heavy atom. The number of ether oxygens (including phenoxy) is 4. The van der Waals surface area contributed by atoms with Crippen LogP contribution < -0.4 is 0 Å². The minimum Gasteiger partial charge on any atom is -0.457 e. The zero-order valence-electron chi connectivity index (χ0n) is 18.4. The lowest BCUT2D eigenvalue weighted by Crippen LogP contribution is -2.60. The molecule has 1 saturated heterocycles. The molecule has 2 rings (SSSR count).